The van der Waals surface area contributed by atoms with Gasteiger partial charge in [-0.15, -0.1) is 0 Å². The van der Waals surface area contributed by atoms with Gasteiger partial charge in [-0.2, -0.15) is 5.10 Å². The second kappa shape index (κ2) is 7.05. The van der Waals surface area contributed by atoms with E-state index in [1.807, 2.05) is 0 Å². The number of hydrogen-bond acceptors (Lipinski definition) is 6. The van der Waals surface area contributed by atoms with Crippen LogP contribution in [0.3, 0.4) is 0 Å². The maximum absolute atomic E-state index is 11.7. The van der Waals surface area contributed by atoms with E-state index in [1.54, 1.807) is 31.2 Å². The Hall–Kier alpha value is -2.84. The van der Waals surface area contributed by atoms with Gasteiger partial charge in [-0.1, -0.05) is 17.7 Å². The van der Waals surface area contributed by atoms with E-state index in [2.05, 4.69) is 10.1 Å². The van der Waals surface area contributed by atoms with Crippen LogP contribution in [0, 0.1) is 6.92 Å². The highest BCUT2D eigenvalue weighted by Gasteiger charge is 2.15. The first-order chi connectivity index (χ1) is 12.7. The number of phenolic OH excluding ortho intramolecular Hbond substituents is 1. The molecule has 7 nitrogen and oxygen atoms in total. The van der Waals surface area contributed by atoms with Crippen LogP contribution in [-0.4, -0.2) is 40.9 Å². The third kappa shape index (κ3) is 3.96. The highest BCUT2D eigenvalue weighted by atomic mass is 35.5. The smallest absolute Gasteiger partial charge is 0.223 e. The van der Waals surface area contributed by atoms with Gasteiger partial charge in [0.15, 0.2) is 9.84 Å². The molecule has 0 amide bonds. The molecule has 1 aromatic heterocycles. The average Bonchev–Trinajstić information content (AvgIpc) is 2.87. The minimum absolute atomic E-state index is 0.0306. The highest BCUT2D eigenvalue weighted by molar-refractivity contribution is 7.90. The third-order valence-electron chi connectivity index (χ3n) is 3.84. The standard InChI is InChI=1S/C18H16ClN3O4S/c1-11-15(18(24)22(21-11)13-5-3-4-12(19)8-13)10-20-16-9-14(27(2,25)26)6-7-17(16)23/h3-10,23-24H,1-2H3/b20-10+. The normalized spacial score (nSPS) is 12.0. The number of aliphatic imine (C=N–C) groups is 1. The van der Waals surface area contributed by atoms with Crippen molar-refractivity contribution in [2.45, 2.75) is 11.8 Å². The molecule has 0 saturated carbocycles. The van der Waals surface area contributed by atoms with Gasteiger partial charge in [-0.05, 0) is 43.3 Å². The third-order valence-corrected chi connectivity index (χ3v) is 5.19. The minimum atomic E-state index is -3.44. The van der Waals surface area contributed by atoms with Crippen molar-refractivity contribution in [3.05, 3.63) is 58.7 Å². The van der Waals surface area contributed by atoms with Crippen LogP contribution in [0.4, 0.5) is 5.69 Å². The van der Waals surface area contributed by atoms with Crippen LogP contribution >= 0.6 is 11.6 Å². The maximum Gasteiger partial charge on any atom is 0.223 e. The number of nitrogens with zero attached hydrogens (tertiary/aromatic N) is 3. The second-order valence-electron chi connectivity index (χ2n) is 5.90. The van der Waals surface area contributed by atoms with E-state index in [1.165, 1.54) is 29.1 Å². The fraction of sp³-hybridized carbons (Fsp3) is 0.111. The van der Waals surface area contributed by atoms with Gasteiger partial charge >= 0.3 is 0 Å². The lowest BCUT2D eigenvalue weighted by molar-refractivity contribution is 0.433. The molecule has 0 aliphatic rings. The molecule has 0 bridgehead atoms. The van der Waals surface area contributed by atoms with Gasteiger partial charge in [0.1, 0.15) is 11.4 Å². The zero-order chi connectivity index (χ0) is 19.8. The Balaban J connectivity index is 2.02. The fourth-order valence-electron chi connectivity index (χ4n) is 2.44. The summed E-state index contributed by atoms with van der Waals surface area (Å²) in [4.78, 5) is 4.15. The van der Waals surface area contributed by atoms with Crippen LogP contribution < -0.4 is 0 Å². The largest absolute Gasteiger partial charge is 0.506 e. The number of aryl methyl sites for hydroxylation is 1. The molecule has 0 unspecified atom stereocenters. The summed E-state index contributed by atoms with van der Waals surface area (Å²) >= 11 is 5.98. The number of rotatable bonds is 4. The molecular weight excluding hydrogens is 390 g/mol. The predicted octanol–water partition coefficient (Wildman–Crippen LogP) is 3.40. The summed E-state index contributed by atoms with van der Waals surface area (Å²) in [5.74, 6) is -0.338. The van der Waals surface area contributed by atoms with E-state index in [4.69, 9.17) is 11.6 Å². The number of halogens is 1. The molecule has 140 valence electrons. The molecule has 0 fully saturated rings. The number of phenols is 1. The van der Waals surface area contributed by atoms with Crippen LogP contribution in [-0.2, 0) is 9.84 Å². The Morgan fingerprint density at radius 1 is 1.19 bits per heavy atom. The predicted molar refractivity (Wildman–Crippen MR) is 103 cm³/mol. The number of aromatic hydroxyl groups is 2. The van der Waals surface area contributed by atoms with Gasteiger partial charge in [-0.3, -0.25) is 4.99 Å². The highest BCUT2D eigenvalue weighted by Crippen LogP contribution is 2.30. The summed E-state index contributed by atoms with van der Waals surface area (Å²) in [5, 5.41) is 25.2. The van der Waals surface area contributed by atoms with E-state index < -0.39 is 9.84 Å². The average molecular weight is 406 g/mol. The zero-order valence-electron chi connectivity index (χ0n) is 14.5. The molecule has 2 N–H and O–H groups in total. The molecule has 0 spiro atoms. The maximum atomic E-state index is 11.7. The van der Waals surface area contributed by atoms with Crippen LogP contribution in [0.15, 0.2) is 52.4 Å². The van der Waals surface area contributed by atoms with E-state index in [9.17, 15) is 18.6 Å². The molecular formula is C18H16ClN3O4S. The summed E-state index contributed by atoms with van der Waals surface area (Å²) < 4.78 is 24.7. The van der Waals surface area contributed by atoms with E-state index in [0.29, 0.717) is 22.0 Å². The second-order valence-corrected chi connectivity index (χ2v) is 8.35. The van der Waals surface area contributed by atoms with Crippen molar-refractivity contribution < 1.29 is 18.6 Å². The van der Waals surface area contributed by atoms with Crippen molar-refractivity contribution >= 4 is 33.3 Å². The SMILES string of the molecule is Cc1nn(-c2cccc(Cl)c2)c(O)c1/C=N/c1cc(S(C)(=O)=O)ccc1O. The van der Waals surface area contributed by atoms with Gasteiger partial charge in [0.05, 0.1) is 21.8 Å². The molecule has 3 aromatic rings. The molecule has 0 atom stereocenters. The van der Waals surface area contributed by atoms with Crippen LogP contribution in [0.1, 0.15) is 11.3 Å². The Labute approximate surface area is 161 Å². The topological polar surface area (TPSA) is 105 Å². The number of hydrogen-bond donors (Lipinski definition) is 2. The Kier molecular flexibility index (Phi) is 4.95. The van der Waals surface area contributed by atoms with Crippen molar-refractivity contribution in [2.24, 2.45) is 4.99 Å². The molecule has 0 saturated heterocycles. The van der Waals surface area contributed by atoms with Crippen molar-refractivity contribution in [3.8, 4) is 17.3 Å². The van der Waals surface area contributed by atoms with Gasteiger partial charge in [-0.25, -0.2) is 13.1 Å². The molecule has 0 aliphatic heterocycles. The summed E-state index contributed by atoms with van der Waals surface area (Å²) in [6.07, 6.45) is 2.39. The Morgan fingerprint density at radius 3 is 2.59 bits per heavy atom. The van der Waals surface area contributed by atoms with E-state index in [-0.39, 0.29) is 22.2 Å². The summed E-state index contributed by atoms with van der Waals surface area (Å²) in [6, 6.07) is 10.6. The Morgan fingerprint density at radius 2 is 1.93 bits per heavy atom. The molecule has 9 heteroatoms. The van der Waals surface area contributed by atoms with Crippen molar-refractivity contribution in [3.63, 3.8) is 0 Å². The van der Waals surface area contributed by atoms with E-state index in [0.717, 1.165) is 6.26 Å². The number of sulfone groups is 1. The first-order valence-electron chi connectivity index (χ1n) is 7.78. The summed E-state index contributed by atoms with van der Waals surface area (Å²) in [5.41, 5.74) is 1.46. The fourth-order valence-corrected chi connectivity index (χ4v) is 3.26. The molecule has 1 heterocycles. The quantitative estimate of drug-likeness (QED) is 0.647. The van der Waals surface area contributed by atoms with Crippen molar-refractivity contribution in [1.82, 2.24) is 9.78 Å². The van der Waals surface area contributed by atoms with Gasteiger partial charge < -0.3 is 10.2 Å². The lowest BCUT2D eigenvalue weighted by Crippen LogP contribution is -1.96. The Bertz CT molecular complexity index is 1150. The molecule has 0 radical (unpaired) electrons. The lowest BCUT2D eigenvalue weighted by Gasteiger charge is -2.04. The molecule has 2 aromatic carbocycles. The molecule has 27 heavy (non-hydrogen) atoms. The van der Waals surface area contributed by atoms with E-state index >= 15 is 0 Å². The zero-order valence-corrected chi connectivity index (χ0v) is 16.0. The number of benzene rings is 2. The molecule has 3 rings (SSSR count). The molecule has 0 aliphatic carbocycles. The lowest BCUT2D eigenvalue weighted by atomic mass is 10.2. The summed E-state index contributed by atoms with van der Waals surface area (Å²) in [6.45, 7) is 1.69. The first-order valence-corrected chi connectivity index (χ1v) is 10.1. The monoisotopic (exact) mass is 405 g/mol. The van der Waals surface area contributed by atoms with Crippen LogP contribution in [0.5, 0.6) is 11.6 Å². The van der Waals surface area contributed by atoms with Gasteiger partial charge in [0, 0.05) is 17.5 Å². The van der Waals surface area contributed by atoms with Crippen LogP contribution in [0.2, 0.25) is 5.02 Å². The first kappa shape index (κ1) is 18.9. The van der Waals surface area contributed by atoms with Crippen LogP contribution in [0.25, 0.3) is 5.69 Å². The van der Waals surface area contributed by atoms with Crippen molar-refractivity contribution in [1.29, 1.82) is 0 Å². The van der Waals surface area contributed by atoms with Gasteiger partial charge in [0.25, 0.3) is 0 Å². The van der Waals surface area contributed by atoms with Gasteiger partial charge in [0.2, 0.25) is 5.88 Å². The summed E-state index contributed by atoms with van der Waals surface area (Å²) in [7, 11) is -3.44. The number of aromatic nitrogens is 2. The minimum Gasteiger partial charge on any atom is -0.506 e. The van der Waals surface area contributed by atoms with Crippen molar-refractivity contribution in [2.75, 3.05) is 6.26 Å².